The number of nitrogens with two attached hydrogens (primary N) is 1. The van der Waals surface area contributed by atoms with Gasteiger partial charge in [0, 0.05) is 6.42 Å². The second-order valence-corrected chi connectivity index (χ2v) is 21.2. The highest BCUT2D eigenvalue weighted by Gasteiger charge is 2.40. The molecule has 0 aromatic heterocycles. The fraction of sp³-hybridized carbons (Fsp3) is 0.673. The number of hydrogen-bond donors (Lipinski definition) is 14. The number of carbonyl (C=O) groups is 12. The molecule has 27 nitrogen and oxygen atoms in total. The summed E-state index contributed by atoms with van der Waals surface area (Å²) in [5.74, 6) is -12.9. The Labute approximate surface area is 479 Å². The maximum atomic E-state index is 14.3. The number of likely N-dealkylation sites (N-methyl/N-ethyl adjacent to an activating group) is 1. The van der Waals surface area contributed by atoms with E-state index in [2.05, 4.69) is 58.5 Å². The first-order valence-electron chi connectivity index (χ1n) is 28.1. The Bertz CT molecular complexity index is 2360. The van der Waals surface area contributed by atoms with E-state index in [1.54, 1.807) is 62.4 Å². The first-order valence-corrected chi connectivity index (χ1v) is 28.1. The molecule has 0 saturated carbocycles. The zero-order chi connectivity index (χ0) is 62.1. The molecule has 0 bridgehead atoms. The lowest BCUT2D eigenvalue weighted by molar-refractivity contribution is -0.157. The Morgan fingerprint density at radius 1 is 0.561 bits per heavy atom. The molecule has 1 heterocycles. The molecule has 0 aliphatic carbocycles. The largest absolute Gasteiger partial charge is 0.458 e. The third-order valence-corrected chi connectivity index (χ3v) is 14.9. The van der Waals surface area contributed by atoms with E-state index in [1.165, 1.54) is 20.8 Å². The average molecular weight is 1160 g/mol. The lowest BCUT2D eigenvalue weighted by Crippen LogP contribution is -2.63. The summed E-state index contributed by atoms with van der Waals surface area (Å²) in [5, 5.41) is 48.9. The molecule has 27 heteroatoms. The summed E-state index contributed by atoms with van der Waals surface area (Å²) in [6.45, 7) is 15.5. The Morgan fingerprint density at radius 3 is 1.43 bits per heavy atom. The first-order chi connectivity index (χ1) is 38.6. The summed E-state index contributed by atoms with van der Waals surface area (Å²) < 4.78 is 5.63. The Balaban J connectivity index is 2.38. The van der Waals surface area contributed by atoms with E-state index in [0.717, 1.165) is 5.56 Å². The van der Waals surface area contributed by atoms with Gasteiger partial charge in [0.15, 0.2) is 0 Å². The molecule has 16 atom stereocenters. The first kappa shape index (κ1) is 70.8. The van der Waals surface area contributed by atoms with Crippen molar-refractivity contribution in [1.29, 1.82) is 0 Å². The molecular weight excluding hydrogens is 1070 g/mol. The van der Waals surface area contributed by atoms with Gasteiger partial charge >= 0.3 is 5.97 Å². The summed E-state index contributed by atoms with van der Waals surface area (Å²) in [7, 11) is 1.60. The third-order valence-electron chi connectivity index (χ3n) is 14.9. The van der Waals surface area contributed by atoms with Gasteiger partial charge in [-0.15, -0.1) is 0 Å². The molecule has 2 rings (SSSR count). The Hall–Kier alpha value is -7.26. The molecule has 0 radical (unpaired) electrons. The number of aliphatic hydroxyl groups excluding tert-OH is 2. The number of aliphatic hydroxyl groups is 2. The van der Waals surface area contributed by atoms with Crippen LogP contribution in [0, 0.1) is 23.7 Å². The van der Waals surface area contributed by atoms with Gasteiger partial charge in [0.2, 0.25) is 65.0 Å². The van der Waals surface area contributed by atoms with E-state index >= 15 is 0 Å². The summed E-state index contributed by atoms with van der Waals surface area (Å²) in [6.07, 6.45) is -0.625. The van der Waals surface area contributed by atoms with Crippen LogP contribution >= 0.6 is 0 Å². The molecule has 0 unspecified atom stereocenters. The lowest BCUT2D eigenvalue weighted by atomic mass is 9.94. The molecule has 1 fully saturated rings. The van der Waals surface area contributed by atoms with Gasteiger partial charge < -0.3 is 79.2 Å². The molecule has 15 N–H and O–H groups in total. The molecule has 460 valence electrons. The van der Waals surface area contributed by atoms with Crippen molar-refractivity contribution in [3.63, 3.8) is 0 Å². The molecule has 1 aromatic carbocycles. The molecule has 1 aliphatic rings. The second kappa shape index (κ2) is 34.9. The standard InChI is InChI=1S/C55H90N12O15/c1-13-27(5)40(64-48(74)36(57-12)24-34-20-18-17-19-21-34)51(77)61-37(25-68)49(75)60-35(22-23-39(56)70)47(73)63-42(29(7)15-3)53(79)65-41(28(6)14-2)52(78)62-38(26-69)50(76)67-44-33(11)82-55(81)43(30(8)16-4)66-46(72)32(10)58-45(71)31(9)59-54(44)80/h17-21,27-33,35-38,40-44,57,68-69H,13-16,22-26H2,1-12H3,(H2,56,70)(H,58,71)(H,59,80)(H,60,75)(H,61,77)(H,62,78)(H,63,73)(H,64,74)(H,65,79)(H,66,72)(H,67,76)/t27-,28-,29+,30-,31-,32+,33-,35+,36+,37-,38-,40-,41-,42+,43-,44+/m0/s1. The zero-order valence-electron chi connectivity index (χ0n) is 49.3. The van der Waals surface area contributed by atoms with Crippen molar-refractivity contribution in [2.45, 2.75) is 194 Å². The Morgan fingerprint density at radius 2 is 0.976 bits per heavy atom. The maximum Gasteiger partial charge on any atom is 0.329 e. The topological polar surface area (TPSA) is 413 Å². The van der Waals surface area contributed by atoms with Crippen molar-refractivity contribution in [3.8, 4) is 0 Å². The summed E-state index contributed by atoms with van der Waals surface area (Å²) in [4.78, 5) is 163. The number of amides is 11. The van der Waals surface area contributed by atoms with Gasteiger partial charge in [-0.3, -0.25) is 52.7 Å². The van der Waals surface area contributed by atoms with Crippen LogP contribution in [-0.4, -0.2) is 174 Å². The minimum atomic E-state index is -1.80. The van der Waals surface area contributed by atoms with Crippen molar-refractivity contribution < 1.29 is 72.5 Å². The highest BCUT2D eigenvalue weighted by Crippen LogP contribution is 2.17. The number of ether oxygens (including phenoxy) is 1. The van der Waals surface area contributed by atoms with Gasteiger partial charge in [0.05, 0.1) is 19.3 Å². The van der Waals surface area contributed by atoms with Gasteiger partial charge in [-0.25, -0.2) is 4.79 Å². The highest BCUT2D eigenvalue weighted by atomic mass is 16.5. The summed E-state index contributed by atoms with van der Waals surface area (Å²) >= 11 is 0. The quantitative estimate of drug-likeness (QED) is 0.0343. The smallest absolute Gasteiger partial charge is 0.329 e. The summed E-state index contributed by atoms with van der Waals surface area (Å²) in [6, 6.07) is -6.00. The maximum absolute atomic E-state index is 14.3. The van der Waals surface area contributed by atoms with Gasteiger partial charge in [-0.05, 0) is 69.9 Å². The van der Waals surface area contributed by atoms with E-state index in [4.69, 9.17) is 10.5 Å². The van der Waals surface area contributed by atoms with Crippen molar-refractivity contribution in [1.82, 2.24) is 58.5 Å². The van der Waals surface area contributed by atoms with E-state index < -0.39 is 193 Å². The predicted molar refractivity (Wildman–Crippen MR) is 300 cm³/mol. The van der Waals surface area contributed by atoms with Crippen molar-refractivity contribution in [2.24, 2.45) is 29.4 Å². The number of benzene rings is 1. The van der Waals surface area contributed by atoms with Crippen LogP contribution in [0.5, 0.6) is 0 Å². The molecule has 11 amide bonds. The fourth-order valence-corrected chi connectivity index (χ4v) is 8.47. The minimum Gasteiger partial charge on any atom is -0.458 e. The van der Waals surface area contributed by atoms with Crippen LogP contribution in [-0.2, 0) is 68.7 Å². The second-order valence-electron chi connectivity index (χ2n) is 21.2. The summed E-state index contributed by atoms with van der Waals surface area (Å²) in [5.41, 5.74) is 6.29. The van der Waals surface area contributed by atoms with E-state index in [-0.39, 0.29) is 12.8 Å². The lowest BCUT2D eigenvalue weighted by Gasteiger charge is -2.31. The van der Waals surface area contributed by atoms with Gasteiger partial charge in [0.1, 0.15) is 66.5 Å². The molecule has 1 aliphatic heterocycles. The zero-order valence-corrected chi connectivity index (χ0v) is 49.3. The molecule has 82 heavy (non-hydrogen) atoms. The predicted octanol–water partition coefficient (Wildman–Crippen LogP) is -2.92. The van der Waals surface area contributed by atoms with Gasteiger partial charge in [-0.2, -0.15) is 0 Å². The van der Waals surface area contributed by atoms with Crippen LogP contribution in [0.25, 0.3) is 0 Å². The number of rotatable bonds is 30. The van der Waals surface area contributed by atoms with Crippen molar-refractivity contribution in [3.05, 3.63) is 35.9 Å². The van der Waals surface area contributed by atoms with Crippen LogP contribution in [0.2, 0.25) is 0 Å². The van der Waals surface area contributed by atoms with Crippen LogP contribution in [0.4, 0.5) is 0 Å². The van der Waals surface area contributed by atoms with E-state index in [9.17, 15) is 67.7 Å². The normalized spacial score (nSPS) is 21.8. The number of carbonyl (C=O) groups excluding carboxylic acids is 12. The average Bonchev–Trinajstić information content (AvgIpc) is 3.58. The number of hydrogen-bond acceptors (Lipinski definition) is 16. The van der Waals surface area contributed by atoms with Crippen LogP contribution in [0.15, 0.2) is 30.3 Å². The fourth-order valence-electron chi connectivity index (χ4n) is 8.47. The Kier molecular flexibility index (Phi) is 30.1. The number of esters is 1. The van der Waals surface area contributed by atoms with Crippen LogP contribution < -0.4 is 64.2 Å². The number of nitrogens with one attached hydrogen (secondary N) is 11. The van der Waals surface area contributed by atoms with E-state index in [0.29, 0.717) is 19.3 Å². The SMILES string of the molecule is CC[C@@H](C)[C@@H](NC(=O)[C@@H](CCC(N)=O)NC(=O)[C@H](CO)NC(=O)[C@@H](NC(=O)[C@@H](Cc1ccccc1)NC)[C@@H](C)CC)C(=O)N[C@H](C(=O)N[C@@H](CO)C(=O)N[C@H]1C(=O)N[C@@H](C)C(=O)N[C@H](C)C(=O)N[C@@H]([C@@H](C)CC)C(=O)O[C@H]1C)[C@@H](C)CC. The van der Waals surface area contributed by atoms with Crippen molar-refractivity contribution >= 4 is 70.9 Å². The van der Waals surface area contributed by atoms with Crippen LogP contribution in [0.1, 0.15) is 120 Å². The van der Waals surface area contributed by atoms with Gasteiger partial charge in [0.25, 0.3) is 0 Å². The molecular formula is C55H90N12O15. The number of primary amides is 1. The molecule has 1 aromatic rings. The monoisotopic (exact) mass is 1160 g/mol. The van der Waals surface area contributed by atoms with Crippen LogP contribution in [0.3, 0.4) is 0 Å². The third kappa shape index (κ3) is 21.6. The molecule has 1 saturated heterocycles. The highest BCUT2D eigenvalue weighted by molar-refractivity contribution is 5.99. The van der Waals surface area contributed by atoms with Crippen molar-refractivity contribution in [2.75, 3.05) is 20.3 Å². The minimum absolute atomic E-state index is 0.265. The number of cyclic esters (lactones) is 1. The molecule has 0 spiro atoms. The van der Waals surface area contributed by atoms with Gasteiger partial charge in [-0.1, -0.05) is 111 Å². The van der Waals surface area contributed by atoms with E-state index in [1.807, 2.05) is 30.3 Å².